The summed E-state index contributed by atoms with van der Waals surface area (Å²) in [6.07, 6.45) is 11.6. The van der Waals surface area contributed by atoms with Gasteiger partial charge >= 0.3 is 0 Å². The summed E-state index contributed by atoms with van der Waals surface area (Å²) in [7, 11) is 0. The molecule has 1 fully saturated rings. The van der Waals surface area contributed by atoms with Crippen molar-refractivity contribution >= 4 is 0 Å². The molecule has 1 atom stereocenters. The Labute approximate surface area is 95.0 Å². The Balaban J connectivity index is 2.23. The second kappa shape index (κ2) is 6.18. The SMILES string of the molecule is C#CCC(C)NC1CCC(C(C)C)CC1. The number of rotatable bonds is 4. The quantitative estimate of drug-likeness (QED) is 0.698. The molecule has 0 aromatic heterocycles. The van der Waals surface area contributed by atoms with Crippen LogP contribution in [0.2, 0.25) is 0 Å². The van der Waals surface area contributed by atoms with Crippen LogP contribution in [-0.2, 0) is 0 Å². The van der Waals surface area contributed by atoms with Crippen LogP contribution in [0.15, 0.2) is 0 Å². The highest BCUT2D eigenvalue weighted by Crippen LogP contribution is 2.29. The Morgan fingerprint density at radius 2 is 1.80 bits per heavy atom. The molecule has 0 bridgehead atoms. The summed E-state index contributed by atoms with van der Waals surface area (Å²) < 4.78 is 0. The standard InChI is InChI=1S/C14H25N/c1-5-6-12(4)15-14-9-7-13(8-10-14)11(2)3/h1,11-15H,6-10H2,2-4H3. The van der Waals surface area contributed by atoms with E-state index in [0.717, 1.165) is 18.3 Å². The maximum Gasteiger partial charge on any atom is 0.0238 e. The summed E-state index contributed by atoms with van der Waals surface area (Å²) in [5.41, 5.74) is 0. The predicted molar refractivity (Wildman–Crippen MR) is 66.6 cm³/mol. The lowest BCUT2D eigenvalue weighted by Crippen LogP contribution is -2.39. The van der Waals surface area contributed by atoms with Gasteiger partial charge < -0.3 is 5.32 Å². The van der Waals surface area contributed by atoms with Crippen molar-refractivity contribution < 1.29 is 0 Å². The first-order chi connectivity index (χ1) is 7.13. The second-order valence-electron chi connectivity index (χ2n) is 5.33. The van der Waals surface area contributed by atoms with Gasteiger partial charge in [0.15, 0.2) is 0 Å². The fourth-order valence-corrected chi connectivity index (χ4v) is 2.59. The number of terminal acetylenes is 1. The Bertz CT molecular complexity index is 206. The van der Waals surface area contributed by atoms with Gasteiger partial charge in [-0.05, 0) is 44.4 Å². The van der Waals surface area contributed by atoms with E-state index in [0.29, 0.717) is 12.1 Å². The Morgan fingerprint density at radius 1 is 1.20 bits per heavy atom. The fourth-order valence-electron chi connectivity index (χ4n) is 2.59. The van der Waals surface area contributed by atoms with Crippen molar-refractivity contribution in [3.8, 4) is 12.3 Å². The molecular formula is C14H25N. The number of hydrogen-bond acceptors (Lipinski definition) is 1. The van der Waals surface area contributed by atoms with Crippen LogP contribution in [-0.4, -0.2) is 12.1 Å². The molecule has 86 valence electrons. The van der Waals surface area contributed by atoms with Crippen LogP contribution in [0, 0.1) is 24.2 Å². The lowest BCUT2D eigenvalue weighted by molar-refractivity contribution is 0.231. The van der Waals surface area contributed by atoms with E-state index in [4.69, 9.17) is 6.42 Å². The van der Waals surface area contributed by atoms with Gasteiger partial charge in [0.2, 0.25) is 0 Å². The van der Waals surface area contributed by atoms with Crippen molar-refractivity contribution in [2.75, 3.05) is 0 Å². The summed E-state index contributed by atoms with van der Waals surface area (Å²) in [6, 6.07) is 1.19. The van der Waals surface area contributed by atoms with E-state index >= 15 is 0 Å². The largest absolute Gasteiger partial charge is 0.311 e. The van der Waals surface area contributed by atoms with Crippen molar-refractivity contribution in [3.63, 3.8) is 0 Å². The molecule has 1 saturated carbocycles. The van der Waals surface area contributed by atoms with Gasteiger partial charge in [-0.1, -0.05) is 13.8 Å². The van der Waals surface area contributed by atoms with Crippen molar-refractivity contribution in [1.82, 2.24) is 5.32 Å². The molecule has 0 spiro atoms. The van der Waals surface area contributed by atoms with Crippen LogP contribution in [0.5, 0.6) is 0 Å². The molecule has 0 saturated heterocycles. The van der Waals surface area contributed by atoms with Crippen LogP contribution in [0.3, 0.4) is 0 Å². The van der Waals surface area contributed by atoms with Gasteiger partial charge in [-0.15, -0.1) is 12.3 Å². The minimum atomic E-state index is 0.482. The van der Waals surface area contributed by atoms with Gasteiger partial charge in [0, 0.05) is 18.5 Å². The van der Waals surface area contributed by atoms with Crippen molar-refractivity contribution in [3.05, 3.63) is 0 Å². The first kappa shape index (κ1) is 12.6. The number of hydrogen-bond donors (Lipinski definition) is 1. The molecule has 0 amide bonds. The highest BCUT2D eigenvalue weighted by atomic mass is 14.9. The third-order valence-electron chi connectivity index (χ3n) is 3.66. The summed E-state index contributed by atoms with van der Waals surface area (Å²) in [6.45, 7) is 6.88. The van der Waals surface area contributed by atoms with Gasteiger partial charge in [0.05, 0.1) is 0 Å². The zero-order valence-corrected chi connectivity index (χ0v) is 10.4. The molecule has 1 rings (SSSR count). The molecule has 1 aliphatic carbocycles. The maximum atomic E-state index is 5.31. The lowest BCUT2D eigenvalue weighted by Gasteiger charge is -2.32. The minimum absolute atomic E-state index is 0.482. The van der Waals surface area contributed by atoms with E-state index in [-0.39, 0.29) is 0 Å². The molecule has 0 radical (unpaired) electrons. The van der Waals surface area contributed by atoms with Crippen LogP contribution in [0.1, 0.15) is 52.9 Å². The summed E-state index contributed by atoms with van der Waals surface area (Å²) in [5.74, 6) is 4.53. The summed E-state index contributed by atoms with van der Waals surface area (Å²) >= 11 is 0. The third-order valence-corrected chi connectivity index (χ3v) is 3.66. The van der Waals surface area contributed by atoms with Crippen molar-refractivity contribution in [1.29, 1.82) is 0 Å². The molecule has 0 aromatic rings. The minimum Gasteiger partial charge on any atom is -0.311 e. The second-order valence-corrected chi connectivity index (χ2v) is 5.33. The molecule has 0 aromatic carbocycles. The van der Waals surface area contributed by atoms with Crippen molar-refractivity contribution in [2.45, 2.75) is 65.0 Å². The van der Waals surface area contributed by atoms with Crippen molar-refractivity contribution in [2.24, 2.45) is 11.8 Å². The van der Waals surface area contributed by atoms with E-state index in [9.17, 15) is 0 Å². The first-order valence-electron chi connectivity index (χ1n) is 6.33. The molecule has 15 heavy (non-hydrogen) atoms. The summed E-state index contributed by atoms with van der Waals surface area (Å²) in [4.78, 5) is 0. The molecule has 1 N–H and O–H groups in total. The van der Waals surface area contributed by atoms with Crippen LogP contribution in [0.25, 0.3) is 0 Å². The molecule has 1 unspecified atom stereocenters. The number of nitrogens with one attached hydrogen (secondary N) is 1. The van der Waals surface area contributed by atoms with E-state index in [1.165, 1.54) is 25.7 Å². The predicted octanol–water partition coefficient (Wildman–Crippen LogP) is 3.20. The van der Waals surface area contributed by atoms with E-state index in [1.54, 1.807) is 0 Å². The molecule has 1 heteroatoms. The average Bonchev–Trinajstić information content (AvgIpc) is 2.18. The fraction of sp³-hybridized carbons (Fsp3) is 0.857. The molecule has 1 nitrogen and oxygen atoms in total. The van der Waals surface area contributed by atoms with Crippen LogP contribution < -0.4 is 5.32 Å². The topological polar surface area (TPSA) is 12.0 Å². The van der Waals surface area contributed by atoms with Crippen LogP contribution >= 0.6 is 0 Å². The van der Waals surface area contributed by atoms with Gasteiger partial charge in [-0.3, -0.25) is 0 Å². The molecule has 0 aliphatic heterocycles. The normalized spacial score (nSPS) is 28.7. The highest BCUT2D eigenvalue weighted by molar-refractivity contribution is 4.90. The Morgan fingerprint density at radius 3 is 2.27 bits per heavy atom. The molecular weight excluding hydrogens is 182 g/mol. The van der Waals surface area contributed by atoms with E-state index in [2.05, 4.69) is 32.0 Å². The van der Waals surface area contributed by atoms with Gasteiger partial charge in [-0.2, -0.15) is 0 Å². The summed E-state index contributed by atoms with van der Waals surface area (Å²) in [5, 5.41) is 3.64. The van der Waals surface area contributed by atoms with E-state index in [1.807, 2.05) is 0 Å². The van der Waals surface area contributed by atoms with Crippen LogP contribution in [0.4, 0.5) is 0 Å². The third kappa shape index (κ3) is 4.26. The van der Waals surface area contributed by atoms with E-state index < -0.39 is 0 Å². The monoisotopic (exact) mass is 207 g/mol. The molecule has 1 aliphatic rings. The lowest BCUT2D eigenvalue weighted by atomic mass is 9.79. The smallest absolute Gasteiger partial charge is 0.0238 e. The Kier molecular flexibility index (Phi) is 5.19. The average molecular weight is 207 g/mol. The first-order valence-corrected chi connectivity index (χ1v) is 6.33. The molecule has 0 heterocycles. The zero-order valence-electron chi connectivity index (χ0n) is 10.4. The van der Waals surface area contributed by atoms with Gasteiger partial charge in [0.1, 0.15) is 0 Å². The van der Waals surface area contributed by atoms with Gasteiger partial charge in [0.25, 0.3) is 0 Å². The Hall–Kier alpha value is -0.480. The highest BCUT2D eigenvalue weighted by Gasteiger charge is 2.23. The van der Waals surface area contributed by atoms with Gasteiger partial charge in [-0.25, -0.2) is 0 Å². The maximum absolute atomic E-state index is 5.31. The zero-order chi connectivity index (χ0) is 11.3.